The monoisotopic (exact) mass is 375 g/mol. The van der Waals surface area contributed by atoms with E-state index in [1.54, 1.807) is 12.1 Å². The van der Waals surface area contributed by atoms with Crippen molar-refractivity contribution in [3.05, 3.63) is 94.0 Å². The van der Waals surface area contributed by atoms with Crippen molar-refractivity contribution in [3.8, 4) is 5.75 Å². The number of carbonyl (C=O) groups excluding carboxylic acids is 1. The van der Waals surface area contributed by atoms with Gasteiger partial charge in [-0.25, -0.2) is 0 Å². The van der Waals surface area contributed by atoms with Crippen LogP contribution >= 0.6 is 11.6 Å². The second kappa shape index (κ2) is 7.29. The molecule has 0 aromatic heterocycles. The summed E-state index contributed by atoms with van der Waals surface area (Å²) in [6.07, 6.45) is 1.87. The van der Waals surface area contributed by atoms with Gasteiger partial charge in [0.05, 0.1) is 5.69 Å². The fraction of sp³-hybridized carbons (Fsp3) is 0.0870. The SMILES string of the molecule is Cc1cccc(COc2ccc(/C=C3/C(=O)Nc4cc(Cl)ccc43)cc2)c1. The average molecular weight is 376 g/mol. The molecule has 1 N–H and O–H groups in total. The van der Waals surface area contributed by atoms with Crippen LogP contribution in [-0.2, 0) is 11.4 Å². The van der Waals surface area contributed by atoms with Gasteiger partial charge in [0.15, 0.2) is 0 Å². The fourth-order valence-electron chi connectivity index (χ4n) is 3.11. The van der Waals surface area contributed by atoms with Crippen molar-refractivity contribution >= 4 is 34.8 Å². The molecule has 0 radical (unpaired) electrons. The Kier molecular flexibility index (Phi) is 4.69. The first-order valence-corrected chi connectivity index (χ1v) is 9.08. The second-order valence-corrected chi connectivity index (χ2v) is 6.99. The number of halogens is 1. The van der Waals surface area contributed by atoms with E-state index in [4.69, 9.17) is 16.3 Å². The van der Waals surface area contributed by atoms with Crippen LogP contribution in [0.25, 0.3) is 11.6 Å². The van der Waals surface area contributed by atoms with Crippen molar-refractivity contribution in [1.82, 2.24) is 0 Å². The molecule has 0 fully saturated rings. The molecular weight excluding hydrogens is 358 g/mol. The molecular formula is C23H18ClNO2. The van der Waals surface area contributed by atoms with E-state index in [0.29, 0.717) is 17.2 Å². The standard InChI is InChI=1S/C23H18ClNO2/c1-15-3-2-4-17(11-15)14-27-19-8-5-16(6-9-19)12-21-20-10-7-18(24)13-22(20)25-23(21)26/h2-13H,14H2,1H3,(H,25,26)/b21-12+. The summed E-state index contributed by atoms with van der Waals surface area (Å²) in [5.41, 5.74) is 5.54. The number of anilines is 1. The van der Waals surface area contributed by atoms with E-state index < -0.39 is 0 Å². The number of hydrogen-bond donors (Lipinski definition) is 1. The summed E-state index contributed by atoms with van der Waals surface area (Å²) in [5, 5.41) is 3.45. The van der Waals surface area contributed by atoms with Gasteiger partial charge in [0, 0.05) is 16.2 Å². The van der Waals surface area contributed by atoms with Gasteiger partial charge in [-0.3, -0.25) is 4.79 Å². The molecule has 3 nitrogen and oxygen atoms in total. The molecule has 1 heterocycles. The maximum absolute atomic E-state index is 12.3. The predicted molar refractivity (Wildman–Crippen MR) is 110 cm³/mol. The molecule has 27 heavy (non-hydrogen) atoms. The van der Waals surface area contributed by atoms with Crippen LogP contribution in [0.3, 0.4) is 0 Å². The molecule has 3 aromatic rings. The molecule has 1 aliphatic heterocycles. The Bertz CT molecular complexity index is 1040. The van der Waals surface area contributed by atoms with Gasteiger partial charge in [0.2, 0.25) is 0 Å². The third-order valence-corrected chi connectivity index (χ3v) is 4.68. The maximum atomic E-state index is 12.3. The molecule has 3 aromatic carbocycles. The van der Waals surface area contributed by atoms with Crippen molar-refractivity contribution in [1.29, 1.82) is 0 Å². The van der Waals surface area contributed by atoms with E-state index in [-0.39, 0.29) is 5.91 Å². The van der Waals surface area contributed by atoms with Crippen molar-refractivity contribution in [3.63, 3.8) is 0 Å². The highest BCUT2D eigenvalue weighted by atomic mass is 35.5. The summed E-state index contributed by atoms with van der Waals surface area (Å²) < 4.78 is 5.85. The highest BCUT2D eigenvalue weighted by Gasteiger charge is 2.23. The van der Waals surface area contributed by atoms with Crippen LogP contribution in [0.15, 0.2) is 66.7 Å². The molecule has 4 rings (SSSR count). The minimum Gasteiger partial charge on any atom is -0.489 e. The quantitative estimate of drug-likeness (QED) is 0.592. The van der Waals surface area contributed by atoms with Gasteiger partial charge in [0.25, 0.3) is 5.91 Å². The second-order valence-electron chi connectivity index (χ2n) is 6.55. The highest BCUT2D eigenvalue weighted by molar-refractivity contribution is 6.36. The van der Waals surface area contributed by atoms with Crippen LogP contribution in [0.5, 0.6) is 5.75 Å². The minimum atomic E-state index is -0.118. The molecule has 0 unspecified atom stereocenters. The summed E-state index contributed by atoms with van der Waals surface area (Å²) in [6, 6.07) is 21.4. The number of carbonyl (C=O) groups is 1. The van der Waals surface area contributed by atoms with Gasteiger partial charge in [-0.1, -0.05) is 59.6 Å². The van der Waals surface area contributed by atoms with Crippen LogP contribution in [-0.4, -0.2) is 5.91 Å². The molecule has 0 aliphatic carbocycles. The van der Waals surface area contributed by atoms with Crippen LogP contribution in [0, 0.1) is 6.92 Å². The molecule has 0 bridgehead atoms. The minimum absolute atomic E-state index is 0.118. The summed E-state index contributed by atoms with van der Waals surface area (Å²) >= 11 is 5.99. The molecule has 0 spiro atoms. The van der Waals surface area contributed by atoms with Crippen LogP contribution in [0.2, 0.25) is 5.02 Å². The third kappa shape index (κ3) is 3.88. The summed E-state index contributed by atoms with van der Waals surface area (Å²) in [6.45, 7) is 2.59. The van der Waals surface area contributed by atoms with Crippen molar-refractivity contribution in [2.24, 2.45) is 0 Å². The van der Waals surface area contributed by atoms with E-state index in [1.165, 1.54) is 5.56 Å². The van der Waals surface area contributed by atoms with E-state index in [2.05, 4.69) is 24.4 Å². The van der Waals surface area contributed by atoms with E-state index in [9.17, 15) is 4.79 Å². The van der Waals surface area contributed by atoms with Crippen molar-refractivity contribution < 1.29 is 9.53 Å². The molecule has 4 heteroatoms. The zero-order valence-electron chi connectivity index (χ0n) is 14.8. The number of hydrogen-bond acceptors (Lipinski definition) is 2. The average Bonchev–Trinajstić information content (AvgIpc) is 2.95. The first kappa shape index (κ1) is 17.4. The summed E-state index contributed by atoms with van der Waals surface area (Å²) in [4.78, 5) is 12.3. The number of fused-ring (bicyclic) bond motifs is 1. The lowest BCUT2D eigenvalue weighted by molar-refractivity contribution is -0.110. The zero-order valence-corrected chi connectivity index (χ0v) is 15.6. The highest BCUT2D eigenvalue weighted by Crippen LogP contribution is 2.35. The Morgan fingerprint density at radius 1 is 1.04 bits per heavy atom. The predicted octanol–water partition coefficient (Wildman–Crippen LogP) is 5.72. The topological polar surface area (TPSA) is 38.3 Å². The van der Waals surface area contributed by atoms with Gasteiger partial charge in [0.1, 0.15) is 12.4 Å². The molecule has 0 saturated heterocycles. The van der Waals surface area contributed by atoms with E-state index >= 15 is 0 Å². The molecule has 0 atom stereocenters. The largest absolute Gasteiger partial charge is 0.489 e. The number of rotatable bonds is 4. The number of nitrogens with one attached hydrogen (secondary N) is 1. The number of amides is 1. The zero-order chi connectivity index (χ0) is 18.8. The van der Waals surface area contributed by atoms with E-state index in [0.717, 1.165) is 28.1 Å². The van der Waals surface area contributed by atoms with Crippen LogP contribution in [0.4, 0.5) is 5.69 Å². The van der Waals surface area contributed by atoms with Crippen molar-refractivity contribution in [2.45, 2.75) is 13.5 Å². The van der Waals surface area contributed by atoms with Gasteiger partial charge >= 0.3 is 0 Å². The van der Waals surface area contributed by atoms with Gasteiger partial charge in [-0.05, 0) is 48.4 Å². The molecule has 134 valence electrons. The number of benzene rings is 3. The van der Waals surface area contributed by atoms with Gasteiger partial charge < -0.3 is 10.1 Å². The Labute approximate surface area is 163 Å². The Hall–Kier alpha value is -3.04. The number of ether oxygens (including phenoxy) is 1. The first-order valence-electron chi connectivity index (χ1n) is 8.70. The summed E-state index contributed by atoms with van der Waals surface area (Å²) in [7, 11) is 0. The van der Waals surface area contributed by atoms with Crippen LogP contribution in [0.1, 0.15) is 22.3 Å². The Morgan fingerprint density at radius 3 is 2.63 bits per heavy atom. The first-order chi connectivity index (χ1) is 13.1. The molecule has 0 saturated carbocycles. The van der Waals surface area contributed by atoms with E-state index in [1.807, 2.05) is 48.5 Å². The van der Waals surface area contributed by atoms with Crippen LogP contribution < -0.4 is 10.1 Å². The smallest absolute Gasteiger partial charge is 0.256 e. The molecule has 1 amide bonds. The lowest BCUT2D eigenvalue weighted by atomic mass is 10.0. The lowest BCUT2D eigenvalue weighted by Crippen LogP contribution is -2.03. The number of aryl methyl sites for hydroxylation is 1. The summed E-state index contributed by atoms with van der Waals surface area (Å²) in [5.74, 6) is 0.675. The van der Waals surface area contributed by atoms with Gasteiger partial charge in [-0.2, -0.15) is 0 Å². The Balaban J connectivity index is 1.50. The molecule has 1 aliphatic rings. The maximum Gasteiger partial charge on any atom is 0.256 e. The van der Waals surface area contributed by atoms with Crippen molar-refractivity contribution in [2.75, 3.05) is 5.32 Å². The Morgan fingerprint density at radius 2 is 1.85 bits per heavy atom. The lowest BCUT2D eigenvalue weighted by Gasteiger charge is -2.07. The fourth-order valence-corrected chi connectivity index (χ4v) is 3.28. The van der Waals surface area contributed by atoms with Gasteiger partial charge in [-0.15, -0.1) is 0 Å². The third-order valence-electron chi connectivity index (χ3n) is 4.44. The normalized spacial score (nSPS) is 14.1.